The minimum Gasteiger partial charge on any atom is -0.342 e. The van der Waals surface area contributed by atoms with Gasteiger partial charge < -0.3 is 15.2 Å². The van der Waals surface area contributed by atoms with Crippen LogP contribution in [0.1, 0.15) is 40.3 Å². The SMILES string of the molecule is Cc1cc(C(=O)N2CCCC2CN)c(C)n1Cc1ccccn1.Cl.Cl. The van der Waals surface area contributed by atoms with Gasteiger partial charge in [-0.05, 0) is 44.9 Å². The van der Waals surface area contributed by atoms with E-state index in [0.29, 0.717) is 13.1 Å². The maximum Gasteiger partial charge on any atom is 0.255 e. The second kappa shape index (κ2) is 9.22. The third-order valence-corrected chi connectivity index (χ3v) is 4.76. The number of likely N-dealkylation sites (tertiary alicyclic amines) is 1. The van der Waals surface area contributed by atoms with Crippen LogP contribution in [-0.4, -0.2) is 39.5 Å². The second-order valence-electron chi connectivity index (χ2n) is 6.22. The molecule has 1 unspecified atom stereocenters. The van der Waals surface area contributed by atoms with E-state index < -0.39 is 0 Å². The first kappa shape index (κ1) is 21.5. The molecule has 1 amide bonds. The molecular formula is C18H26Cl2N4O. The molecule has 7 heteroatoms. The van der Waals surface area contributed by atoms with Crippen molar-refractivity contribution in [2.75, 3.05) is 13.1 Å². The van der Waals surface area contributed by atoms with Crippen LogP contribution in [0.4, 0.5) is 0 Å². The quantitative estimate of drug-likeness (QED) is 0.880. The van der Waals surface area contributed by atoms with Gasteiger partial charge in [-0.15, -0.1) is 24.8 Å². The Labute approximate surface area is 161 Å². The number of pyridine rings is 1. The summed E-state index contributed by atoms with van der Waals surface area (Å²) in [6.45, 7) is 6.09. The predicted molar refractivity (Wildman–Crippen MR) is 105 cm³/mol. The molecule has 2 N–H and O–H groups in total. The molecule has 1 aliphatic heterocycles. The Hall–Kier alpha value is -1.56. The number of aryl methyl sites for hydroxylation is 1. The van der Waals surface area contributed by atoms with Crippen molar-refractivity contribution in [3.63, 3.8) is 0 Å². The average molecular weight is 385 g/mol. The number of hydrogen-bond acceptors (Lipinski definition) is 3. The van der Waals surface area contributed by atoms with E-state index in [1.165, 1.54) is 0 Å². The van der Waals surface area contributed by atoms with Gasteiger partial charge >= 0.3 is 0 Å². The van der Waals surface area contributed by atoms with Crippen molar-refractivity contribution in [2.24, 2.45) is 5.73 Å². The monoisotopic (exact) mass is 384 g/mol. The molecule has 0 aliphatic carbocycles. The maximum absolute atomic E-state index is 12.9. The molecule has 3 heterocycles. The Morgan fingerprint density at radius 3 is 2.72 bits per heavy atom. The Balaban J connectivity index is 0.00000156. The fourth-order valence-electron chi connectivity index (χ4n) is 3.42. The van der Waals surface area contributed by atoms with Gasteiger partial charge in [0.1, 0.15) is 0 Å². The topological polar surface area (TPSA) is 64.2 Å². The zero-order valence-electron chi connectivity index (χ0n) is 14.6. The molecule has 0 spiro atoms. The molecule has 1 saturated heterocycles. The van der Waals surface area contributed by atoms with Crippen molar-refractivity contribution in [3.05, 3.63) is 53.1 Å². The van der Waals surface area contributed by atoms with E-state index in [2.05, 4.69) is 9.55 Å². The molecule has 5 nitrogen and oxygen atoms in total. The number of carbonyl (C=O) groups excluding carboxylic acids is 1. The molecule has 1 aliphatic rings. The normalized spacial score (nSPS) is 16.3. The van der Waals surface area contributed by atoms with Gasteiger partial charge in [0.05, 0.1) is 17.8 Å². The van der Waals surface area contributed by atoms with Crippen LogP contribution in [0.5, 0.6) is 0 Å². The zero-order valence-corrected chi connectivity index (χ0v) is 16.3. The molecule has 0 bridgehead atoms. The number of rotatable bonds is 4. The molecule has 2 aromatic rings. The van der Waals surface area contributed by atoms with Crippen LogP contribution in [0.15, 0.2) is 30.5 Å². The molecule has 2 aromatic heterocycles. The molecule has 138 valence electrons. The third kappa shape index (κ3) is 4.35. The Morgan fingerprint density at radius 1 is 1.32 bits per heavy atom. The molecule has 25 heavy (non-hydrogen) atoms. The number of halogens is 2. The van der Waals surface area contributed by atoms with Gasteiger partial charge in [-0.2, -0.15) is 0 Å². The summed E-state index contributed by atoms with van der Waals surface area (Å²) in [6, 6.07) is 8.08. The van der Waals surface area contributed by atoms with Crippen LogP contribution in [0.3, 0.4) is 0 Å². The first-order chi connectivity index (χ1) is 11.1. The van der Waals surface area contributed by atoms with Crippen molar-refractivity contribution in [1.29, 1.82) is 0 Å². The number of hydrogen-bond donors (Lipinski definition) is 1. The van der Waals surface area contributed by atoms with Gasteiger partial charge in [0.25, 0.3) is 5.91 Å². The van der Waals surface area contributed by atoms with E-state index in [0.717, 1.165) is 42.0 Å². The number of aromatic nitrogens is 2. The largest absolute Gasteiger partial charge is 0.342 e. The molecule has 0 saturated carbocycles. The summed E-state index contributed by atoms with van der Waals surface area (Å²) < 4.78 is 2.16. The lowest BCUT2D eigenvalue weighted by Gasteiger charge is -2.23. The van der Waals surface area contributed by atoms with Crippen LogP contribution in [0, 0.1) is 13.8 Å². The van der Waals surface area contributed by atoms with Crippen LogP contribution in [0.25, 0.3) is 0 Å². The van der Waals surface area contributed by atoms with E-state index in [1.807, 2.05) is 43.0 Å². The molecular weight excluding hydrogens is 359 g/mol. The van der Waals surface area contributed by atoms with E-state index in [-0.39, 0.29) is 36.8 Å². The maximum atomic E-state index is 12.9. The molecule has 0 aromatic carbocycles. The zero-order chi connectivity index (χ0) is 16.4. The van der Waals surface area contributed by atoms with Gasteiger partial charge in [0.15, 0.2) is 0 Å². The smallest absolute Gasteiger partial charge is 0.255 e. The van der Waals surface area contributed by atoms with Crippen LogP contribution >= 0.6 is 24.8 Å². The molecule has 1 atom stereocenters. The van der Waals surface area contributed by atoms with Crippen LogP contribution in [-0.2, 0) is 6.54 Å². The number of nitrogens with zero attached hydrogens (tertiary/aromatic N) is 3. The highest BCUT2D eigenvalue weighted by atomic mass is 35.5. The first-order valence-electron chi connectivity index (χ1n) is 8.19. The minimum atomic E-state index is 0. The molecule has 3 rings (SSSR count). The fraction of sp³-hybridized carbons (Fsp3) is 0.444. The lowest BCUT2D eigenvalue weighted by molar-refractivity contribution is 0.0740. The van der Waals surface area contributed by atoms with Gasteiger partial charge in [-0.25, -0.2) is 0 Å². The summed E-state index contributed by atoms with van der Waals surface area (Å²) >= 11 is 0. The van der Waals surface area contributed by atoms with E-state index in [1.54, 1.807) is 6.20 Å². The second-order valence-corrected chi connectivity index (χ2v) is 6.22. The van der Waals surface area contributed by atoms with Crippen molar-refractivity contribution in [1.82, 2.24) is 14.5 Å². The van der Waals surface area contributed by atoms with Crippen molar-refractivity contribution < 1.29 is 4.79 Å². The highest BCUT2D eigenvalue weighted by molar-refractivity contribution is 5.96. The molecule has 0 radical (unpaired) electrons. The summed E-state index contributed by atoms with van der Waals surface area (Å²) in [5.41, 5.74) is 9.68. The van der Waals surface area contributed by atoms with Gasteiger partial charge in [-0.1, -0.05) is 6.07 Å². The lowest BCUT2D eigenvalue weighted by Crippen LogP contribution is -2.40. The number of nitrogens with two attached hydrogens (primary N) is 1. The number of carbonyl (C=O) groups is 1. The highest BCUT2D eigenvalue weighted by Crippen LogP contribution is 2.23. The van der Waals surface area contributed by atoms with E-state index in [9.17, 15) is 4.79 Å². The van der Waals surface area contributed by atoms with Crippen molar-refractivity contribution >= 4 is 30.7 Å². The van der Waals surface area contributed by atoms with E-state index in [4.69, 9.17) is 5.73 Å². The van der Waals surface area contributed by atoms with Crippen molar-refractivity contribution in [3.8, 4) is 0 Å². The Bertz CT molecular complexity index is 703. The van der Waals surface area contributed by atoms with E-state index >= 15 is 0 Å². The van der Waals surface area contributed by atoms with Gasteiger partial charge in [0, 0.05) is 36.7 Å². The minimum absolute atomic E-state index is 0. The van der Waals surface area contributed by atoms with Gasteiger partial charge in [0.2, 0.25) is 0 Å². The lowest BCUT2D eigenvalue weighted by atomic mass is 10.2. The predicted octanol–water partition coefficient (Wildman–Crippen LogP) is 2.96. The fourth-order valence-corrected chi connectivity index (χ4v) is 3.42. The Kier molecular flexibility index (Phi) is 7.93. The van der Waals surface area contributed by atoms with Crippen LogP contribution in [0.2, 0.25) is 0 Å². The summed E-state index contributed by atoms with van der Waals surface area (Å²) in [5, 5.41) is 0. The summed E-state index contributed by atoms with van der Waals surface area (Å²) in [4.78, 5) is 19.2. The third-order valence-electron chi connectivity index (χ3n) is 4.76. The van der Waals surface area contributed by atoms with Crippen molar-refractivity contribution in [2.45, 2.75) is 39.3 Å². The summed E-state index contributed by atoms with van der Waals surface area (Å²) in [7, 11) is 0. The summed E-state index contributed by atoms with van der Waals surface area (Å²) in [5.74, 6) is 0.110. The first-order valence-corrected chi connectivity index (χ1v) is 8.19. The van der Waals surface area contributed by atoms with Crippen LogP contribution < -0.4 is 5.73 Å². The molecule has 1 fully saturated rings. The Morgan fingerprint density at radius 2 is 2.08 bits per heavy atom. The van der Waals surface area contributed by atoms with Gasteiger partial charge in [-0.3, -0.25) is 9.78 Å². The standard InChI is InChI=1S/C18H24N4O.2ClH/c1-13-10-17(18(23)21-9-5-7-16(21)11-19)14(2)22(13)12-15-6-3-4-8-20-15;;/h3-4,6,8,10,16H,5,7,9,11-12,19H2,1-2H3;2*1H. The highest BCUT2D eigenvalue weighted by Gasteiger charge is 2.30. The summed E-state index contributed by atoms with van der Waals surface area (Å²) in [6.07, 6.45) is 3.85. The average Bonchev–Trinajstić information content (AvgIpc) is 3.15. The number of amides is 1.